The van der Waals surface area contributed by atoms with Gasteiger partial charge in [-0.15, -0.1) is 5.92 Å². The summed E-state index contributed by atoms with van der Waals surface area (Å²) >= 11 is 0. The Kier molecular flexibility index (Phi) is 5.69. The molecule has 1 spiro atoms. The molecule has 1 fully saturated rings. The molecular formula is C25H28N4O. The van der Waals surface area contributed by atoms with Crippen molar-refractivity contribution < 1.29 is 4.74 Å². The van der Waals surface area contributed by atoms with Gasteiger partial charge in [0.1, 0.15) is 5.84 Å². The monoisotopic (exact) mass is 400 g/mol. The highest BCUT2D eigenvalue weighted by atomic mass is 16.5. The van der Waals surface area contributed by atoms with Gasteiger partial charge in [0.15, 0.2) is 0 Å². The van der Waals surface area contributed by atoms with Crippen LogP contribution in [0.15, 0.2) is 46.6 Å². The molecule has 0 radical (unpaired) electrons. The van der Waals surface area contributed by atoms with E-state index in [2.05, 4.69) is 41.1 Å². The van der Waals surface area contributed by atoms with Gasteiger partial charge in [-0.1, -0.05) is 18.1 Å². The zero-order chi connectivity index (χ0) is 21.1. The van der Waals surface area contributed by atoms with Gasteiger partial charge in [0.05, 0.1) is 23.0 Å². The summed E-state index contributed by atoms with van der Waals surface area (Å²) in [6, 6.07) is 8.52. The van der Waals surface area contributed by atoms with Gasteiger partial charge in [-0.2, -0.15) is 0 Å². The smallest absolute Gasteiger partial charge is 0.140 e. The molecule has 2 aromatic rings. The van der Waals surface area contributed by atoms with Gasteiger partial charge in [-0.05, 0) is 69.2 Å². The van der Waals surface area contributed by atoms with Gasteiger partial charge >= 0.3 is 0 Å². The first-order chi connectivity index (χ1) is 14.5. The molecule has 0 amide bonds. The number of nitrogens with zero attached hydrogens (tertiary/aromatic N) is 3. The number of aromatic nitrogens is 1. The van der Waals surface area contributed by atoms with E-state index in [-0.39, 0.29) is 5.54 Å². The van der Waals surface area contributed by atoms with Crippen molar-refractivity contribution >= 4 is 17.2 Å². The number of methoxy groups -OCH3 is 1. The average Bonchev–Trinajstić information content (AvgIpc) is 2.75. The van der Waals surface area contributed by atoms with Crippen molar-refractivity contribution in [3.8, 4) is 23.0 Å². The van der Waals surface area contributed by atoms with E-state index in [0.717, 1.165) is 60.2 Å². The number of benzene rings is 1. The number of hydrogen-bond acceptors (Lipinski definition) is 5. The molecule has 4 rings (SSSR count). The standard InChI is InChI=1S/C25H28N4O/c1-4-5-18-12-21(16-27-15-18)19-6-7-20-14-25(10-8-22(30-3)9-11-25)29-24(26)17(2)28-23(20)13-19/h6-7,12-13,15-16,22H,8-11,14H2,1-3H3,(H2,26,29)/b28-17-/t22-,25+. The summed E-state index contributed by atoms with van der Waals surface area (Å²) in [4.78, 5) is 14.1. The summed E-state index contributed by atoms with van der Waals surface area (Å²) in [5.41, 5.74) is 12.1. The second kappa shape index (κ2) is 8.41. The molecular weight excluding hydrogens is 372 g/mol. The predicted octanol–water partition coefficient (Wildman–Crippen LogP) is 4.45. The van der Waals surface area contributed by atoms with Crippen LogP contribution in [-0.2, 0) is 11.2 Å². The number of nitrogens with two attached hydrogens (primary N) is 1. The molecule has 2 aliphatic rings. The molecule has 0 bridgehead atoms. The average molecular weight is 401 g/mol. The first-order valence-electron chi connectivity index (χ1n) is 10.5. The van der Waals surface area contributed by atoms with Crippen LogP contribution in [-0.4, -0.2) is 35.3 Å². The van der Waals surface area contributed by atoms with E-state index in [1.807, 2.05) is 20.0 Å². The van der Waals surface area contributed by atoms with E-state index in [1.165, 1.54) is 5.56 Å². The normalized spacial score (nSPS) is 26.8. The topological polar surface area (TPSA) is 72.9 Å². The Labute approximate surface area is 178 Å². The number of fused-ring (bicyclic) bond motifs is 1. The molecule has 2 N–H and O–H groups in total. The van der Waals surface area contributed by atoms with Crippen molar-refractivity contribution in [3.63, 3.8) is 0 Å². The van der Waals surface area contributed by atoms with Crippen molar-refractivity contribution in [2.24, 2.45) is 15.7 Å². The predicted molar refractivity (Wildman–Crippen MR) is 122 cm³/mol. The van der Waals surface area contributed by atoms with Crippen molar-refractivity contribution in [1.82, 2.24) is 4.98 Å². The molecule has 1 aromatic carbocycles. The van der Waals surface area contributed by atoms with Gasteiger partial charge in [-0.25, -0.2) is 4.99 Å². The molecule has 5 nitrogen and oxygen atoms in total. The number of pyridine rings is 1. The third kappa shape index (κ3) is 4.15. The van der Waals surface area contributed by atoms with Crippen LogP contribution in [0.25, 0.3) is 11.1 Å². The largest absolute Gasteiger partial charge is 0.382 e. The summed E-state index contributed by atoms with van der Waals surface area (Å²) in [6.07, 6.45) is 8.78. The highest BCUT2D eigenvalue weighted by molar-refractivity contribution is 6.40. The first kappa shape index (κ1) is 20.3. The zero-order valence-corrected chi connectivity index (χ0v) is 17.9. The summed E-state index contributed by atoms with van der Waals surface area (Å²) in [5, 5.41) is 0. The maximum atomic E-state index is 6.34. The van der Waals surface area contributed by atoms with E-state index in [1.54, 1.807) is 13.3 Å². The lowest BCUT2D eigenvalue weighted by Gasteiger charge is -2.38. The van der Waals surface area contributed by atoms with Crippen molar-refractivity contribution in [2.45, 2.75) is 57.6 Å². The minimum Gasteiger partial charge on any atom is -0.382 e. The van der Waals surface area contributed by atoms with Crippen LogP contribution in [0.1, 0.15) is 50.7 Å². The van der Waals surface area contributed by atoms with E-state index in [0.29, 0.717) is 11.9 Å². The molecule has 30 heavy (non-hydrogen) atoms. The van der Waals surface area contributed by atoms with Crippen LogP contribution in [0.2, 0.25) is 0 Å². The van der Waals surface area contributed by atoms with Crippen LogP contribution in [0.4, 0.5) is 5.69 Å². The number of rotatable bonds is 2. The number of amidine groups is 1. The van der Waals surface area contributed by atoms with E-state index in [9.17, 15) is 0 Å². The molecule has 1 saturated carbocycles. The minimum absolute atomic E-state index is 0.176. The second-order valence-electron chi connectivity index (χ2n) is 8.21. The van der Waals surface area contributed by atoms with Gasteiger partial charge < -0.3 is 10.5 Å². The second-order valence-corrected chi connectivity index (χ2v) is 8.21. The van der Waals surface area contributed by atoms with Crippen LogP contribution < -0.4 is 5.73 Å². The van der Waals surface area contributed by atoms with Gasteiger partial charge in [0.2, 0.25) is 0 Å². The molecule has 1 aliphatic heterocycles. The highest BCUT2D eigenvalue weighted by Gasteiger charge is 2.37. The van der Waals surface area contributed by atoms with Gasteiger partial charge in [0, 0.05) is 30.6 Å². The molecule has 0 unspecified atom stereocenters. The summed E-state index contributed by atoms with van der Waals surface area (Å²) in [7, 11) is 1.79. The maximum Gasteiger partial charge on any atom is 0.140 e. The maximum absolute atomic E-state index is 6.34. The Balaban J connectivity index is 1.73. The number of ether oxygens (including phenoxy) is 1. The van der Waals surface area contributed by atoms with Gasteiger partial charge in [-0.3, -0.25) is 9.98 Å². The molecule has 0 atom stereocenters. The lowest BCUT2D eigenvalue weighted by atomic mass is 9.76. The van der Waals surface area contributed by atoms with E-state index >= 15 is 0 Å². The Hall–Kier alpha value is -2.97. The quantitative estimate of drug-likeness (QED) is 0.757. The third-order valence-corrected chi connectivity index (χ3v) is 6.16. The number of aliphatic imine (C=N–C) groups is 2. The fourth-order valence-corrected chi connectivity index (χ4v) is 4.43. The summed E-state index contributed by atoms with van der Waals surface area (Å²) < 4.78 is 5.57. The molecule has 0 saturated heterocycles. The lowest BCUT2D eigenvalue weighted by Crippen LogP contribution is -2.40. The van der Waals surface area contributed by atoms with Crippen molar-refractivity contribution in [3.05, 3.63) is 47.8 Å². The van der Waals surface area contributed by atoms with E-state index in [4.69, 9.17) is 20.5 Å². The molecule has 2 heterocycles. The Bertz CT molecular complexity index is 1070. The van der Waals surface area contributed by atoms with Crippen LogP contribution in [0.3, 0.4) is 0 Å². The Morgan fingerprint density at radius 1 is 1.13 bits per heavy atom. The van der Waals surface area contributed by atoms with Gasteiger partial charge in [0.25, 0.3) is 0 Å². The number of hydrogen-bond donors (Lipinski definition) is 1. The lowest BCUT2D eigenvalue weighted by molar-refractivity contribution is 0.0504. The van der Waals surface area contributed by atoms with Crippen LogP contribution >= 0.6 is 0 Å². The first-order valence-corrected chi connectivity index (χ1v) is 10.5. The third-order valence-electron chi connectivity index (χ3n) is 6.16. The highest BCUT2D eigenvalue weighted by Crippen LogP contribution is 2.40. The van der Waals surface area contributed by atoms with Crippen LogP contribution in [0, 0.1) is 11.8 Å². The molecule has 1 aromatic heterocycles. The Morgan fingerprint density at radius 3 is 2.67 bits per heavy atom. The van der Waals surface area contributed by atoms with Crippen molar-refractivity contribution in [2.75, 3.05) is 7.11 Å². The van der Waals surface area contributed by atoms with E-state index < -0.39 is 0 Å². The summed E-state index contributed by atoms with van der Waals surface area (Å²) in [6.45, 7) is 3.77. The fraction of sp³-hybridized carbons (Fsp3) is 0.400. The van der Waals surface area contributed by atoms with Crippen LogP contribution in [0.5, 0.6) is 0 Å². The Morgan fingerprint density at radius 2 is 1.93 bits per heavy atom. The SMILES string of the molecule is CC#Cc1cncc(-c2ccc3c(c2)/N=C(C)\C(N)=N/[C@]2(CC[C@@H](OC)CC2)C3)c1. The molecule has 1 aliphatic carbocycles. The summed E-state index contributed by atoms with van der Waals surface area (Å²) in [5.74, 6) is 6.55. The van der Waals surface area contributed by atoms with Crippen molar-refractivity contribution in [1.29, 1.82) is 0 Å². The minimum atomic E-state index is -0.176. The molecule has 5 heteroatoms. The molecule has 154 valence electrons. The zero-order valence-electron chi connectivity index (χ0n) is 17.9. The fourth-order valence-electron chi connectivity index (χ4n) is 4.43.